The van der Waals surface area contributed by atoms with E-state index in [9.17, 15) is 8.78 Å². The van der Waals surface area contributed by atoms with E-state index in [1.165, 1.54) is 6.07 Å². The average molecular weight is 249 g/mol. The number of nitrogen functional groups attached to an aromatic ring is 1. The molecule has 0 aliphatic carbocycles. The SMILES string of the molecule is Cc1cc(N(C)c2ccc(F)c(F)c2)ncc1N. The van der Waals surface area contributed by atoms with Gasteiger partial charge in [-0.05, 0) is 30.7 Å². The smallest absolute Gasteiger partial charge is 0.160 e. The van der Waals surface area contributed by atoms with Gasteiger partial charge in [0.2, 0.25) is 0 Å². The summed E-state index contributed by atoms with van der Waals surface area (Å²) in [5.41, 5.74) is 7.68. The van der Waals surface area contributed by atoms with Crippen molar-refractivity contribution in [2.45, 2.75) is 6.92 Å². The number of benzene rings is 1. The Morgan fingerprint density at radius 3 is 2.50 bits per heavy atom. The fourth-order valence-corrected chi connectivity index (χ4v) is 1.56. The summed E-state index contributed by atoms with van der Waals surface area (Å²) in [4.78, 5) is 5.81. The predicted octanol–water partition coefficient (Wildman–Crippen LogP) is 3.02. The summed E-state index contributed by atoms with van der Waals surface area (Å²) in [6.07, 6.45) is 1.54. The summed E-state index contributed by atoms with van der Waals surface area (Å²) in [5.74, 6) is -1.13. The van der Waals surface area contributed by atoms with Crippen molar-refractivity contribution < 1.29 is 8.78 Å². The van der Waals surface area contributed by atoms with E-state index in [4.69, 9.17) is 5.73 Å². The van der Waals surface area contributed by atoms with Crippen molar-refractivity contribution in [1.29, 1.82) is 0 Å². The third-order valence-electron chi connectivity index (χ3n) is 2.77. The largest absolute Gasteiger partial charge is 0.397 e. The molecule has 1 aromatic heterocycles. The fraction of sp³-hybridized carbons (Fsp3) is 0.154. The molecule has 94 valence electrons. The lowest BCUT2D eigenvalue weighted by Gasteiger charge is -2.19. The molecule has 0 amide bonds. The maximum absolute atomic E-state index is 13.2. The molecule has 0 unspecified atom stereocenters. The van der Waals surface area contributed by atoms with Crippen LogP contribution >= 0.6 is 0 Å². The van der Waals surface area contributed by atoms with Crippen molar-refractivity contribution in [3.63, 3.8) is 0 Å². The van der Waals surface area contributed by atoms with Crippen LogP contribution in [0.4, 0.5) is 26.0 Å². The van der Waals surface area contributed by atoms with E-state index in [0.717, 1.165) is 17.7 Å². The second-order valence-corrected chi connectivity index (χ2v) is 4.06. The van der Waals surface area contributed by atoms with Crippen LogP contribution in [0.1, 0.15) is 5.56 Å². The van der Waals surface area contributed by atoms with Crippen LogP contribution in [0.3, 0.4) is 0 Å². The molecule has 2 rings (SSSR count). The van der Waals surface area contributed by atoms with Gasteiger partial charge in [0.05, 0.1) is 11.9 Å². The van der Waals surface area contributed by atoms with Crippen molar-refractivity contribution in [2.24, 2.45) is 0 Å². The summed E-state index contributed by atoms with van der Waals surface area (Å²) < 4.78 is 26.0. The monoisotopic (exact) mass is 249 g/mol. The molecule has 0 fully saturated rings. The lowest BCUT2D eigenvalue weighted by atomic mass is 10.2. The van der Waals surface area contributed by atoms with Crippen LogP contribution in [0.2, 0.25) is 0 Å². The highest BCUT2D eigenvalue weighted by Crippen LogP contribution is 2.25. The van der Waals surface area contributed by atoms with Gasteiger partial charge >= 0.3 is 0 Å². The first-order valence-electron chi connectivity index (χ1n) is 5.40. The summed E-state index contributed by atoms with van der Waals surface area (Å²) in [6, 6.07) is 5.50. The Morgan fingerprint density at radius 2 is 1.89 bits per heavy atom. The number of halogens is 2. The lowest BCUT2D eigenvalue weighted by molar-refractivity contribution is 0.509. The van der Waals surface area contributed by atoms with Crippen LogP contribution in [-0.4, -0.2) is 12.0 Å². The van der Waals surface area contributed by atoms with Crippen LogP contribution < -0.4 is 10.6 Å². The van der Waals surface area contributed by atoms with Crippen molar-refractivity contribution in [2.75, 3.05) is 17.7 Å². The van der Waals surface area contributed by atoms with Gasteiger partial charge in [-0.15, -0.1) is 0 Å². The first kappa shape index (κ1) is 12.3. The van der Waals surface area contributed by atoms with E-state index in [1.54, 1.807) is 24.2 Å². The molecule has 0 radical (unpaired) electrons. The summed E-state index contributed by atoms with van der Waals surface area (Å²) in [5, 5.41) is 0. The Bertz CT molecular complexity index is 533. The Kier molecular flexibility index (Phi) is 3.14. The second kappa shape index (κ2) is 4.60. The summed E-state index contributed by atoms with van der Waals surface area (Å²) >= 11 is 0. The molecule has 0 atom stereocenters. The lowest BCUT2D eigenvalue weighted by Crippen LogP contribution is -2.12. The third kappa shape index (κ3) is 2.25. The Hall–Kier alpha value is -2.17. The molecular weight excluding hydrogens is 236 g/mol. The number of hydrogen-bond acceptors (Lipinski definition) is 3. The molecule has 0 saturated carbocycles. The zero-order valence-electron chi connectivity index (χ0n) is 10.1. The summed E-state index contributed by atoms with van der Waals surface area (Å²) in [6.45, 7) is 1.86. The van der Waals surface area contributed by atoms with E-state index in [-0.39, 0.29) is 0 Å². The van der Waals surface area contributed by atoms with Crippen molar-refractivity contribution in [3.8, 4) is 0 Å². The normalized spacial score (nSPS) is 10.4. The number of hydrogen-bond donors (Lipinski definition) is 1. The number of aryl methyl sites for hydroxylation is 1. The first-order chi connectivity index (χ1) is 8.49. The Labute approximate surface area is 104 Å². The van der Waals surface area contributed by atoms with E-state index in [1.807, 2.05) is 6.92 Å². The van der Waals surface area contributed by atoms with Crippen LogP contribution in [0, 0.1) is 18.6 Å². The molecule has 18 heavy (non-hydrogen) atoms. The molecule has 2 aromatic rings. The highest BCUT2D eigenvalue weighted by atomic mass is 19.2. The molecule has 0 bridgehead atoms. The number of pyridine rings is 1. The van der Waals surface area contributed by atoms with Gasteiger partial charge in [-0.1, -0.05) is 0 Å². The molecule has 0 spiro atoms. The van der Waals surface area contributed by atoms with Gasteiger partial charge in [-0.2, -0.15) is 0 Å². The maximum Gasteiger partial charge on any atom is 0.160 e. The predicted molar refractivity (Wildman–Crippen MR) is 67.8 cm³/mol. The van der Waals surface area contributed by atoms with E-state index in [0.29, 0.717) is 17.2 Å². The third-order valence-corrected chi connectivity index (χ3v) is 2.77. The average Bonchev–Trinajstić information content (AvgIpc) is 2.35. The number of rotatable bonds is 2. The molecule has 1 aromatic carbocycles. The van der Waals surface area contributed by atoms with Gasteiger partial charge in [0, 0.05) is 18.8 Å². The van der Waals surface area contributed by atoms with Crippen molar-refractivity contribution in [1.82, 2.24) is 4.98 Å². The number of aromatic nitrogens is 1. The molecule has 0 aliphatic heterocycles. The molecule has 0 aliphatic rings. The highest BCUT2D eigenvalue weighted by molar-refractivity contribution is 5.62. The van der Waals surface area contributed by atoms with Crippen molar-refractivity contribution in [3.05, 3.63) is 47.7 Å². The van der Waals surface area contributed by atoms with Gasteiger partial charge in [0.15, 0.2) is 11.6 Å². The van der Waals surface area contributed by atoms with Gasteiger partial charge < -0.3 is 10.6 Å². The van der Waals surface area contributed by atoms with E-state index >= 15 is 0 Å². The van der Waals surface area contributed by atoms with E-state index < -0.39 is 11.6 Å². The Morgan fingerprint density at radius 1 is 1.17 bits per heavy atom. The topological polar surface area (TPSA) is 42.2 Å². The summed E-state index contributed by atoms with van der Waals surface area (Å²) in [7, 11) is 1.73. The Balaban J connectivity index is 2.37. The molecule has 1 heterocycles. The van der Waals surface area contributed by atoms with Gasteiger partial charge in [-0.3, -0.25) is 0 Å². The van der Waals surface area contributed by atoms with Crippen LogP contribution in [-0.2, 0) is 0 Å². The maximum atomic E-state index is 13.2. The second-order valence-electron chi connectivity index (χ2n) is 4.06. The van der Waals surface area contributed by atoms with Gasteiger partial charge in [0.25, 0.3) is 0 Å². The fourth-order valence-electron chi connectivity index (χ4n) is 1.56. The minimum atomic E-state index is -0.883. The van der Waals surface area contributed by atoms with Crippen LogP contribution in [0.15, 0.2) is 30.5 Å². The minimum Gasteiger partial charge on any atom is -0.397 e. The minimum absolute atomic E-state index is 0.519. The zero-order chi connectivity index (χ0) is 13.3. The number of nitrogens with zero attached hydrogens (tertiary/aromatic N) is 2. The van der Waals surface area contributed by atoms with Crippen LogP contribution in [0.25, 0.3) is 0 Å². The van der Waals surface area contributed by atoms with Crippen molar-refractivity contribution >= 4 is 17.2 Å². The quantitative estimate of drug-likeness (QED) is 0.889. The van der Waals surface area contributed by atoms with E-state index in [2.05, 4.69) is 4.98 Å². The zero-order valence-corrected chi connectivity index (χ0v) is 10.1. The highest BCUT2D eigenvalue weighted by Gasteiger charge is 2.09. The van der Waals surface area contributed by atoms with Gasteiger partial charge in [0.1, 0.15) is 5.82 Å². The number of nitrogens with two attached hydrogens (primary N) is 1. The molecule has 2 N–H and O–H groups in total. The molecule has 0 saturated heterocycles. The standard InChI is InChI=1S/C13H13F2N3/c1-8-5-13(17-7-12(8)16)18(2)9-3-4-10(14)11(15)6-9/h3-7H,16H2,1-2H3. The molecule has 3 nitrogen and oxygen atoms in total. The van der Waals surface area contributed by atoms with Crippen LogP contribution in [0.5, 0.6) is 0 Å². The van der Waals surface area contributed by atoms with Gasteiger partial charge in [-0.25, -0.2) is 13.8 Å². The number of anilines is 3. The molecule has 5 heteroatoms. The first-order valence-corrected chi connectivity index (χ1v) is 5.40. The molecular formula is C13H13F2N3.